The van der Waals surface area contributed by atoms with Gasteiger partial charge in [-0.05, 0) is 64.1 Å². The summed E-state index contributed by atoms with van der Waals surface area (Å²) in [6.45, 7) is 7.20. The zero-order chi connectivity index (χ0) is 21.4. The Hall–Kier alpha value is -2.78. The number of fused-ring (bicyclic) bond motifs is 1. The van der Waals surface area contributed by atoms with Gasteiger partial charge in [-0.25, -0.2) is 4.98 Å². The van der Waals surface area contributed by atoms with Crippen LogP contribution in [0.1, 0.15) is 27.7 Å². The molecule has 0 spiro atoms. The summed E-state index contributed by atoms with van der Waals surface area (Å²) in [6.07, 6.45) is 0. The van der Waals surface area contributed by atoms with E-state index >= 15 is 0 Å². The van der Waals surface area contributed by atoms with Crippen molar-refractivity contribution in [2.75, 3.05) is 0 Å². The summed E-state index contributed by atoms with van der Waals surface area (Å²) in [4.78, 5) is 5.64. The molecule has 4 rings (SSSR count). The molecule has 0 unspecified atom stereocenters. The van der Waals surface area contributed by atoms with Gasteiger partial charge in [-0.3, -0.25) is 4.57 Å². The number of benzene rings is 2. The van der Waals surface area contributed by atoms with Gasteiger partial charge in [-0.1, -0.05) is 42.5 Å². The quantitative estimate of drug-likeness (QED) is 0.400. The van der Waals surface area contributed by atoms with E-state index in [9.17, 15) is 5.11 Å². The summed E-state index contributed by atoms with van der Waals surface area (Å²) in [5.41, 5.74) is 2.18. The number of imidazole rings is 1. The second-order valence-electron chi connectivity index (χ2n) is 8.19. The van der Waals surface area contributed by atoms with E-state index in [0.29, 0.717) is 0 Å². The van der Waals surface area contributed by atoms with Crippen molar-refractivity contribution in [2.24, 2.45) is 0 Å². The van der Waals surface area contributed by atoms with Crippen LogP contribution in [-0.4, -0.2) is 25.9 Å². The van der Waals surface area contributed by atoms with E-state index in [1.807, 2.05) is 62.4 Å². The first-order valence-corrected chi connectivity index (χ1v) is 10.6. The summed E-state index contributed by atoms with van der Waals surface area (Å²) in [5.74, 6) is 0.813. The molecule has 0 aliphatic carbocycles. The molecule has 0 radical (unpaired) electrons. The lowest BCUT2D eigenvalue weighted by Gasteiger charge is -2.35. The van der Waals surface area contributed by atoms with Crippen LogP contribution in [0.5, 0.6) is 0 Å². The number of hydrogen-bond donors (Lipinski definition) is 1. The van der Waals surface area contributed by atoms with Gasteiger partial charge in [0.05, 0.1) is 27.1 Å². The zero-order valence-electron chi connectivity index (χ0n) is 17.5. The van der Waals surface area contributed by atoms with Gasteiger partial charge in [0.25, 0.3) is 0 Å². The lowest BCUT2D eigenvalue weighted by atomic mass is 9.90. The maximum Gasteiger partial charge on any atom is 0.154 e. The third-order valence-corrected chi connectivity index (χ3v) is 6.27. The minimum atomic E-state index is -0.968. The van der Waals surface area contributed by atoms with Crippen LogP contribution in [0.2, 0.25) is 0 Å². The molecule has 152 valence electrons. The highest BCUT2D eigenvalue weighted by Crippen LogP contribution is 2.33. The molecular formula is C25H24N2O2S. The van der Waals surface area contributed by atoms with E-state index in [1.54, 1.807) is 13.8 Å². The van der Waals surface area contributed by atoms with Gasteiger partial charge in [0.1, 0.15) is 5.60 Å². The van der Waals surface area contributed by atoms with Crippen LogP contribution < -0.4 is 0 Å². The second-order valence-corrected chi connectivity index (χ2v) is 8.97. The molecule has 1 N–H and O–H groups in total. The van der Waals surface area contributed by atoms with Crippen molar-refractivity contribution >= 4 is 23.1 Å². The molecule has 1 heterocycles. The molecule has 1 aromatic heterocycles. The summed E-state index contributed by atoms with van der Waals surface area (Å²) < 4.78 is 8.00. The van der Waals surface area contributed by atoms with Crippen LogP contribution >= 0.6 is 12.0 Å². The zero-order valence-corrected chi connectivity index (χ0v) is 18.3. The third kappa shape index (κ3) is 3.95. The average Bonchev–Trinajstić information content (AvgIpc) is 3.12. The Labute approximate surface area is 181 Å². The van der Waals surface area contributed by atoms with Crippen molar-refractivity contribution in [3.05, 3.63) is 78.9 Å². The predicted molar refractivity (Wildman–Crippen MR) is 121 cm³/mol. The number of rotatable bonds is 6. The van der Waals surface area contributed by atoms with Crippen molar-refractivity contribution in [3.8, 4) is 17.1 Å². The van der Waals surface area contributed by atoms with Crippen molar-refractivity contribution in [1.29, 1.82) is 0 Å². The maximum absolute atomic E-state index is 10.3. The van der Waals surface area contributed by atoms with Crippen molar-refractivity contribution < 1.29 is 9.29 Å². The Morgan fingerprint density at radius 3 is 2.27 bits per heavy atom. The summed E-state index contributed by atoms with van der Waals surface area (Å²) in [6, 6.07) is 28.6. The molecule has 0 atom stereocenters. The van der Waals surface area contributed by atoms with Gasteiger partial charge in [0.15, 0.2) is 5.82 Å². The maximum atomic E-state index is 10.3. The van der Waals surface area contributed by atoms with Crippen LogP contribution in [0, 0.1) is 12.1 Å². The average molecular weight is 417 g/mol. The van der Waals surface area contributed by atoms with Gasteiger partial charge in [-0.2, -0.15) is 0 Å². The highest BCUT2D eigenvalue weighted by Gasteiger charge is 2.36. The van der Waals surface area contributed by atoms with E-state index in [1.165, 1.54) is 12.0 Å². The van der Waals surface area contributed by atoms with E-state index < -0.39 is 11.2 Å². The molecule has 5 heteroatoms. The monoisotopic (exact) mass is 416 g/mol. The molecule has 0 fully saturated rings. The van der Waals surface area contributed by atoms with Crippen LogP contribution in [0.3, 0.4) is 0 Å². The lowest BCUT2D eigenvalue weighted by Crippen LogP contribution is -2.45. The fourth-order valence-corrected chi connectivity index (χ4v) is 3.56. The minimum Gasteiger partial charge on any atom is -0.387 e. The first kappa shape index (κ1) is 20.5. The molecule has 30 heavy (non-hydrogen) atoms. The molecule has 0 saturated carbocycles. The van der Waals surface area contributed by atoms with Gasteiger partial charge < -0.3 is 9.29 Å². The Bertz CT molecular complexity index is 1140. The normalized spacial score (nSPS) is 12.2. The first-order valence-electron chi connectivity index (χ1n) is 9.82. The van der Waals surface area contributed by atoms with Crippen LogP contribution in [0.25, 0.3) is 28.1 Å². The molecule has 4 nitrogen and oxygen atoms in total. The molecule has 0 aliphatic heterocycles. The van der Waals surface area contributed by atoms with Crippen molar-refractivity contribution in [3.63, 3.8) is 0 Å². The number of aliphatic hydroxyl groups is 1. The number of aromatic nitrogens is 2. The molecule has 0 aliphatic rings. The molecule has 0 saturated heterocycles. The number of hydrogen-bond acceptors (Lipinski definition) is 4. The molecule has 0 amide bonds. The van der Waals surface area contributed by atoms with Gasteiger partial charge in [0.2, 0.25) is 0 Å². The number of para-hydroxylation sites is 3. The summed E-state index contributed by atoms with van der Waals surface area (Å²) in [7, 11) is 0. The van der Waals surface area contributed by atoms with E-state index in [4.69, 9.17) is 9.17 Å². The standard InChI is InChI=1S/C25H24N2O2S/c1-24(2,28)25(3,4)29-30-20-16-14-18(15-17-20)23-26-21-12-8-9-13-22(21)27(23)19-10-6-5-7-11-19/h5-14,16,28H,1-4H3. The lowest BCUT2D eigenvalue weighted by molar-refractivity contribution is -0.0813. The van der Waals surface area contributed by atoms with Gasteiger partial charge >= 0.3 is 0 Å². The Morgan fingerprint density at radius 2 is 1.60 bits per heavy atom. The SMILES string of the molecule is CC(C)(O)C(C)(C)OSc1c#cc(-c2nc3ccccc3n2-c2ccccc2)cc1. The first-order chi connectivity index (χ1) is 14.3. The molecule has 3 aromatic carbocycles. The topological polar surface area (TPSA) is 47.3 Å². The van der Waals surface area contributed by atoms with E-state index in [-0.39, 0.29) is 0 Å². The number of nitrogens with zero attached hydrogens (tertiary/aromatic N) is 2. The Balaban J connectivity index is 1.67. The summed E-state index contributed by atoms with van der Waals surface area (Å²) >= 11 is 1.19. The summed E-state index contributed by atoms with van der Waals surface area (Å²) in [5, 5.41) is 10.3. The van der Waals surface area contributed by atoms with Crippen molar-refractivity contribution in [2.45, 2.75) is 43.8 Å². The minimum absolute atomic E-state index is 0.717. The van der Waals surface area contributed by atoms with Gasteiger partial charge in [0, 0.05) is 17.7 Å². The van der Waals surface area contributed by atoms with Crippen molar-refractivity contribution in [1.82, 2.24) is 9.55 Å². The largest absolute Gasteiger partial charge is 0.387 e. The predicted octanol–water partition coefficient (Wildman–Crippen LogP) is 5.87. The van der Waals surface area contributed by atoms with Gasteiger partial charge in [-0.15, -0.1) is 0 Å². The third-order valence-electron chi connectivity index (χ3n) is 5.35. The van der Waals surface area contributed by atoms with E-state index in [2.05, 4.69) is 34.9 Å². The fraction of sp³-hybridized carbons (Fsp3) is 0.240. The highest BCUT2D eigenvalue weighted by molar-refractivity contribution is 7.94. The molecule has 4 aromatic rings. The second kappa shape index (κ2) is 7.81. The van der Waals surface area contributed by atoms with Crippen LogP contribution in [-0.2, 0) is 4.18 Å². The fourth-order valence-electron chi connectivity index (χ4n) is 2.85. The molecule has 0 bridgehead atoms. The van der Waals surface area contributed by atoms with Crippen LogP contribution in [0.15, 0.2) is 71.6 Å². The van der Waals surface area contributed by atoms with Crippen LogP contribution in [0.4, 0.5) is 0 Å². The molecular weight excluding hydrogens is 392 g/mol. The Kier molecular flexibility index (Phi) is 5.33. The smallest absolute Gasteiger partial charge is 0.154 e. The highest BCUT2D eigenvalue weighted by atomic mass is 32.2. The Morgan fingerprint density at radius 1 is 0.900 bits per heavy atom. The van der Waals surface area contributed by atoms with E-state index in [0.717, 1.165) is 33.0 Å².